The maximum absolute atomic E-state index is 13.1. The SMILES string of the molecule is O=C(CN1C(=O)CN(C(=O)Nc2ccc(F)cc2)c2ccccc21)NCc1cccs1. The van der Waals surface area contributed by atoms with Crippen molar-refractivity contribution in [2.75, 3.05) is 28.2 Å². The highest BCUT2D eigenvalue weighted by Gasteiger charge is 2.33. The molecule has 2 N–H and O–H groups in total. The van der Waals surface area contributed by atoms with Gasteiger partial charge in [-0.25, -0.2) is 9.18 Å². The molecule has 0 saturated heterocycles. The molecule has 158 valence electrons. The Morgan fingerprint density at radius 3 is 2.45 bits per heavy atom. The fourth-order valence-corrected chi connectivity index (χ4v) is 3.88. The van der Waals surface area contributed by atoms with E-state index in [0.717, 1.165) is 4.88 Å². The Hall–Kier alpha value is -3.72. The van der Waals surface area contributed by atoms with Crippen LogP contribution in [0.15, 0.2) is 66.0 Å². The summed E-state index contributed by atoms with van der Waals surface area (Å²) in [4.78, 5) is 41.7. The average molecular weight is 438 g/mol. The molecule has 0 radical (unpaired) electrons. The number of benzene rings is 2. The van der Waals surface area contributed by atoms with Gasteiger partial charge in [0.15, 0.2) is 0 Å². The lowest BCUT2D eigenvalue weighted by atomic mass is 10.1. The van der Waals surface area contributed by atoms with E-state index in [-0.39, 0.29) is 24.9 Å². The molecule has 0 unspecified atom stereocenters. The molecule has 1 aromatic heterocycles. The van der Waals surface area contributed by atoms with Crippen LogP contribution < -0.4 is 20.4 Å². The number of urea groups is 1. The molecule has 1 aliphatic heterocycles. The third-order valence-corrected chi connectivity index (χ3v) is 5.62. The molecule has 4 rings (SSSR count). The van der Waals surface area contributed by atoms with Gasteiger partial charge in [0.2, 0.25) is 11.8 Å². The summed E-state index contributed by atoms with van der Waals surface area (Å²) in [5, 5.41) is 7.40. The number of nitrogens with zero attached hydrogens (tertiary/aromatic N) is 2. The number of nitrogens with one attached hydrogen (secondary N) is 2. The van der Waals surface area contributed by atoms with Gasteiger partial charge in [-0.3, -0.25) is 19.4 Å². The number of thiophene rings is 1. The van der Waals surface area contributed by atoms with Crippen LogP contribution in [0.4, 0.5) is 26.2 Å². The number of carbonyl (C=O) groups is 3. The smallest absolute Gasteiger partial charge is 0.326 e. The highest BCUT2D eigenvalue weighted by molar-refractivity contribution is 7.09. The van der Waals surface area contributed by atoms with Crippen molar-refractivity contribution >= 4 is 46.2 Å². The summed E-state index contributed by atoms with van der Waals surface area (Å²) in [6.07, 6.45) is 0. The predicted molar refractivity (Wildman–Crippen MR) is 118 cm³/mol. The molecule has 0 saturated carbocycles. The molecule has 7 nitrogen and oxygen atoms in total. The second kappa shape index (κ2) is 8.97. The van der Waals surface area contributed by atoms with Gasteiger partial charge in [-0.15, -0.1) is 11.3 Å². The van der Waals surface area contributed by atoms with Gasteiger partial charge < -0.3 is 10.6 Å². The van der Waals surface area contributed by atoms with Gasteiger partial charge >= 0.3 is 6.03 Å². The second-order valence-electron chi connectivity index (χ2n) is 6.85. The van der Waals surface area contributed by atoms with Gasteiger partial charge in [0.1, 0.15) is 18.9 Å². The Bertz CT molecular complexity index is 1100. The van der Waals surface area contributed by atoms with Crippen LogP contribution in [-0.2, 0) is 16.1 Å². The fraction of sp³-hybridized carbons (Fsp3) is 0.136. The van der Waals surface area contributed by atoms with Gasteiger partial charge in [0.05, 0.1) is 17.9 Å². The van der Waals surface area contributed by atoms with Crippen molar-refractivity contribution in [3.63, 3.8) is 0 Å². The summed E-state index contributed by atoms with van der Waals surface area (Å²) in [7, 11) is 0. The number of fused-ring (bicyclic) bond motifs is 1. The minimum absolute atomic E-state index is 0.144. The Morgan fingerprint density at radius 2 is 1.74 bits per heavy atom. The molecular weight excluding hydrogens is 419 g/mol. The number of carbonyl (C=O) groups excluding carboxylic acids is 3. The van der Waals surface area contributed by atoms with Crippen molar-refractivity contribution in [1.82, 2.24) is 5.32 Å². The van der Waals surface area contributed by atoms with Crippen LogP contribution in [0.3, 0.4) is 0 Å². The number of hydrogen-bond acceptors (Lipinski definition) is 4. The lowest BCUT2D eigenvalue weighted by Gasteiger charge is -2.35. The summed E-state index contributed by atoms with van der Waals surface area (Å²) in [5.74, 6) is -1.08. The molecule has 0 aliphatic carbocycles. The standard InChI is InChI=1S/C22H19FN4O3S/c23-15-7-9-16(10-8-15)25-22(30)27-14-21(29)26(18-5-1-2-6-19(18)27)13-20(28)24-12-17-4-3-11-31-17/h1-11H,12-14H2,(H,24,28)(H,25,30). The molecular formula is C22H19FN4O3S. The third-order valence-electron chi connectivity index (χ3n) is 4.74. The van der Waals surface area contributed by atoms with E-state index in [0.29, 0.717) is 23.6 Å². The van der Waals surface area contributed by atoms with Crippen molar-refractivity contribution in [2.24, 2.45) is 0 Å². The monoisotopic (exact) mass is 438 g/mol. The van der Waals surface area contributed by atoms with E-state index < -0.39 is 11.8 Å². The van der Waals surface area contributed by atoms with E-state index in [2.05, 4.69) is 10.6 Å². The zero-order chi connectivity index (χ0) is 21.8. The lowest BCUT2D eigenvalue weighted by molar-refractivity contribution is -0.123. The zero-order valence-electron chi connectivity index (χ0n) is 16.4. The summed E-state index contributed by atoms with van der Waals surface area (Å²) < 4.78 is 13.1. The molecule has 2 heterocycles. The molecule has 31 heavy (non-hydrogen) atoms. The van der Waals surface area contributed by atoms with E-state index in [1.54, 1.807) is 24.3 Å². The van der Waals surface area contributed by atoms with Crippen LogP contribution in [0.1, 0.15) is 4.88 Å². The maximum Gasteiger partial charge on any atom is 0.326 e. The molecule has 1 aliphatic rings. The van der Waals surface area contributed by atoms with Crippen LogP contribution in [0, 0.1) is 5.82 Å². The van der Waals surface area contributed by atoms with E-state index in [4.69, 9.17) is 0 Å². The van der Waals surface area contributed by atoms with Gasteiger partial charge in [-0.2, -0.15) is 0 Å². The minimum Gasteiger partial charge on any atom is -0.350 e. The lowest BCUT2D eigenvalue weighted by Crippen LogP contribution is -2.51. The van der Waals surface area contributed by atoms with Crippen LogP contribution in [0.25, 0.3) is 0 Å². The number of hydrogen-bond donors (Lipinski definition) is 2. The first kappa shape index (κ1) is 20.5. The highest BCUT2D eigenvalue weighted by atomic mass is 32.1. The van der Waals surface area contributed by atoms with Gasteiger partial charge in [0, 0.05) is 10.6 Å². The summed E-state index contributed by atoms with van der Waals surface area (Å²) in [5.41, 5.74) is 1.39. The average Bonchev–Trinajstić information content (AvgIpc) is 3.29. The minimum atomic E-state index is -0.519. The Labute approximate surface area is 182 Å². The molecule has 0 fully saturated rings. The molecule has 2 aromatic carbocycles. The number of rotatable bonds is 5. The molecule has 3 aromatic rings. The normalized spacial score (nSPS) is 13.0. The molecule has 9 heteroatoms. The third kappa shape index (κ3) is 4.72. The number of amides is 4. The topological polar surface area (TPSA) is 81.8 Å². The molecule has 0 atom stereocenters. The van der Waals surface area contributed by atoms with Crippen molar-refractivity contribution in [1.29, 1.82) is 0 Å². The summed E-state index contributed by atoms with van der Waals surface area (Å²) in [6.45, 7) is 0.0310. The fourth-order valence-electron chi connectivity index (χ4n) is 3.24. The van der Waals surface area contributed by atoms with E-state index in [9.17, 15) is 18.8 Å². The van der Waals surface area contributed by atoms with Crippen molar-refractivity contribution in [3.8, 4) is 0 Å². The van der Waals surface area contributed by atoms with Crippen LogP contribution in [0.5, 0.6) is 0 Å². The van der Waals surface area contributed by atoms with Crippen LogP contribution >= 0.6 is 11.3 Å². The highest BCUT2D eigenvalue weighted by Crippen LogP contribution is 2.33. The van der Waals surface area contributed by atoms with Gasteiger partial charge in [-0.1, -0.05) is 18.2 Å². The van der Waals surface area contributed by atoms with E-state index in [1.165, 1.54) is 45.4 Å². The summed E-state index contributed by atoms with van der Waals surface area (Å²) >= 11 is 1.54. The Balaban J connectivity index is 1.49. The van der Waals surface area contributed by atoms with Crippen LogP contribution in [-0.4, -0.2) is 30.9 Å². The summed E-state index contributed by atoms with van der Waals surface area (Å²) in [6, 6.07) is 15.6. The molecule has 0 spiro atoms. The number of para-hydroxylation sites is 2. The van der Waals surface area contributed by atoms with E-state index in [1.807, 2.05) is 17.5 Å². The zero-order valence-corrected chi connectivity index (χ0v) is 17.2. The molecule has 4 amide bonds. The number of halogens is 1. The van der Waals surface area contributed by atoms with Crippen LogP contribution in [0.2, 0.25) is 0 Å². The van der Waals surface area contributed by atoms with Gasteiger partial charge in [-0.05, 0) is 47.8 Å². The first-order chi connectivity index (χ1) is 15.0. The number of anilines is 3. The van der Waals surface area contributed by atoms with E-state index >= 15 is 0 Å². The van der Waals surface area contributed by atoms with Gasteiger partial charge in [0.25, 0.3) is 0 Å². The first-order valence-electron chi connectivity index (χ1n) is 9.54. The second-order valence-corrected chi connectivity index (χ2v) is 7.88. The quantitative estimate of drug-likeness (QED) is 0.639. The van der Waals surface area contributed by atoms with Crippen molar-refractivity contribution in [3.05, 3.63) is 76.7 Å². The maximum atomic E-state index is 13.1. The van der Waals surface area contributed by atoms with Crippen molar-refractivity contribution in [2.45, 2.75) is 6.54 Å². The van der Waals surface area contributed by atoms with Crippen molar-refractivity contribution < 1.29 is 18.8 Å². The first-order valence-corrected chi connectivity index (χ1v) is 10.4. The Morgan fingerprint density at radius 1 is 1.00 bits per heavy atom. The molecule has 0 bridgehead atoms. The Kier molecular flexibility index (Phi) is 5.94. The predicted octanol–water partition coefficient (Wildman–Crippen LogP) is 3.59. The largest absolute Gasteiger partial charge is 0.350 e.